The van der Waals surface area contributed by atoms with Crippen LogP contribution >= 0.6 is 0 Å². The average Bonchev–Trinajstić information content (AvgIpc) is 3.03. The fourth-order valence-corrected chi connectivity index (χ4v) is 2.98. The van der Waals surface area contributed by atoms with E-state index in [2.05, 4.69) is 5.32 Å². The second-order valence-corrected chi connectivity index (χ2v) is 6.40. The number of aliphatic carboxylic acids is 1. The number of hydrogen-bond acceptors (Lipinski definition) is 3. The lowest BCUT2D eigenvalue weighted by Crippen LogP contribution is -2.34. The van der Waals surface area contributed by atoms with Crippen LogP contribution in [0.15, 0.2) is 36.4 Å². The van der Waals surface area contributed by atoms with Crippen LogP contribution in [0.4, 0.5) is 0 Å². The van der Waals surface area contributed by atoms with Gasteiger partial charge in [-0.1, -0.05) is 30.3 Å². The van der Waals surface area contributed by atoms with Gasteiger partial charge in [0.1, 0.15) is 5.75 Å². The highest BCUT2D eigenvalue weighted by atomic mass is 16.5. The fraction of sp³-hybridized carbons (Fsp3) is 0.300. The number of benzene rings is 2. The lowest BCUT2D eigenvalue weighted by atomic mass is 10.0. The highest BCUT2D eigenvalue weighted by molar-refractivity contribution is 5.85. The first-order chi connectivity index (χ1) is 11.9. The Balaban J connectivity index is 1.72. The molecule has 1 unspecified atom stereocenters. The zero-order valence-corrected chi connectivity index (χ0v) is 14.3. The van der Waals surface area contributed by atoms with E-state index in [9.17, 15) is 14.7 Å². The third-order valence-electron chi connectivity index (χ3n) is 4.54. The Morgan fingerprint density at radius 1 is 1.16 bits per heavy atom. The summed E-state index contributed by atoms with van der Waals surface area (Å²) in [6, 6.07) is 10.0. The van der Waals surface area contributed by atoms with E-state index < -0.39 is 12.0 Å². The van der Waals surface area contributed by atoms with Crippen molar-refractivity contribution in [3.8, 4) is 5.75 Å². The van der Waals surface area contributed by atoms with Gasteiger partial charge in [-0.2, -0.15) is 0 Å². The minimum absolute atomic E-state index is 0.141. The maximum atomic E-state index is 12.3. The quantitative estimate of drug-likeness (QED) is 0.878. The van der Waals surface area contributed by atoms with Crippen LogP contribution in [0.25, 0.3) is 0 Å². The van der Waals surface area contributed by atoms with Crippen LogP contribution in [0.5, 0.6) is 5.75 Å². The van der Waals surface area contributed by atoms with Crippen LogP contribution < -0.4 is 10.1 Å². The molecule has 0 bridgehead atoms. The molecule has 2 aromatic carbocycles. The molecule has 3 rings (SSSR count). The van der Waals surface area contributed by atoms with Crippen LogP contribution in [-0.2, 0) is 22.4 Å². The first-order valence-electron chi connectivity index (χ1n) is 8.28. The van der Waals surface area contributed by atoms with E-state index in [1.165, 1.54) is 0 Å². The van der Waals surface area contributed by atoms with Crippen LogP contribution in [0.3, 0.4) is 0 Å². The molecule has 25 heavy (non-hydrogen) atoms. The normalized spacial score (nSPS) is 13.7. The Kier molecular flexibility index (Phi) is 4.74. The van der Waals surface area contributed by atoms with Gasteiger partial charge in [0.2, 0.25) is 5.91 Å². The van der Waals surface area contributed by atoms with Crippen molar-refractivity contribution in [2.24, 2.45) is 0 Å². The standard InChI is InChI=1S/C20H21NO4/c1-12-3-5-16(9-13(12)2)19(20(23)24)21-18(22)11-14-4-6-17-15(10-14)7-8-25-17/h3-6,9-10,19H,7-8,11H2,1-2H3,(H,21,22)(H,23,24). The largest absolute Gasteiger partial charge is 0.493 e. The molecule has 130 valence electrons. The summed E-state index contributed by atoms with van der Waals surface area (Å²) in [5.41, 5.74) is 4.60. The topological polar surface area (TPSA) is 75.6 Å². The first kappa shape index (κ1) is 17.0. The second-order valence-electron chi connectivity index (χ2n) is 6.40. The lowest BCUT2D eigenvalue weighted by Gasteiger charge is -2.16. The molecule has 1 aliphatic rings. The third kappa shape index (κ3) is 3.82. The Bertz CT molecular complexity index is 828. The number of carbonyl (C=O) groups is 2. The summed E-state index contributed by atoms with van der Waals surface area (Å²) in [4.78, 5) is 24.0. The number of rotatable bonds is 5. The molecule has 0 saturated heterocycles. The maximum absolute atomic E-state index is 12.3. The molecule has 0 fully saturated rings. The van der Waals surface area contributed by atoms with Gasteiger partial charge in [-0.15, -0.1) is 0 Å². The molecule has 1 heterocycles. The molecule has 1 aliphatic heterocycles. The smallest absolute Gasteiger partial charge is 0.330 e. The minimum atomic E-state index is -1.07. The zero-order chi connectivity index (χ0) is 18.0. The van der Waals surface area contributed by atoms with Gasteiger partial charge in [0.05, 0.1) is 13.0 Å². The number of aryl methyl sites for hydroxylation is 2. The van der Waals surface area contributed by atoms with E-state index in [0.717, 1.165) is 34.4 Å². The summed E-state index contributed by atoms with van der Waals surface area (Å²) >= 11 is 0. The number of amides is 1. The number of ether oxygens (including phenoxy) is 1. The van der Waals surface area contributed by atoms with Crippen molar-refractivity contribution in [3.05, 3.63) is 64.2 Å². The molecule has 1 atom stereocenters. The van der Waals surface area contributed by atoms with Gasteiger partial charge in [0.25, 0.3) is 0 Å². The number of fused-ring (bicyclic) bond motifs is 1. The summed E-state index contributed by atoms with van der Waals surface area (Å²) in [6.07, 6.45) is 0.979. The molecule has 0 saturated carbocycles. The lowest BCUT2D eigenvalue weighted by molar-refractivity contribution is -0.141. The van der Waals surface area contributed by atoms with Crippen molar-refractivity contribution in [1.82, 2.24) is 5.32 Å². The van der Waals surface area contributed by atoms with Gasteiger partial charge in [-0.25, -0.2) is 4.79 Å². The monoisotopic (exact) mass is 339 g/mol. The maximum Gasteiger partial charge on any atom is 0.330 e. The molecule has 0 spiro atoms. The predicted molar refractivity (Wildman–Crippen MR) is 93.8 cm³/mol. The molecule has 2 N–H and O–H groups in total. The van der Waals surface area contributed by atoms with Crippen molar-refractivity contribution < 1.29 is 19.4 Å². The van der Waals surface area contributed by atoms with Crippen LogP contribution in [0, 0.1) is 13.8 Å². The van der Waals surface area contributed by atoms with Crippen molar-refractivity contribution in [3.63, 3.8) is 0 Å². The number of carboxylic acids is 1. The summed E-state index contributed by atoms with van der Waals surface area (Å²) in [7, 11) is 0. The Morgan fingerprint density at radius 2 is 1.96 bits per heavy atom. The molecular formula is C20H21NO4. The van der Waals surface area contributed by atoms with E-state index in [-0.39, 0.29) is 12.3 Å². The summed E-state index contributed by atoms with van der Waals surface area (Å²) in [5.74, 6) is -0.522. The van der Waals surface area contributed by atoms with Crippen molar-refractivity contribution in [1.29, 1.82) is 0 Å². The Labute approximate surface area is 146 Å². The summed E-state index contributed by atoms with van der Waals surface area (Å²) in [6.45, 7) is 4.55. The first-order valence-corrected chi connectivity index (χ1v) is 8.28. The molecule has 0 aromatic heterocycles. The Morgan fingerprint density at radius 3 is 2.68 bits per heavy atom. The number of carbonyl (C=O) groups excluding carboxylic acids is 1. The summed E-state index contributed by atoms with van der Waals surface area (Å²) in [5, 5.41) is 12.1. The van der Waals surface area contributed by atoms with Crippen LogP contribution in [0.1, 0.15) is 33.9 Å². The fourth-order valence-electron chi connectivity index (χ4n) is 2.98. The van der Waals surface area contributed by atoms with Crippen molar-refractivity contribution >= 4 is 11.9 Å². The highest BCUT2D eigenvalue weighted by Gasteiger charge is 2.23. The Hall–Kier alpha value is -2.82. The highest BCUT2D eigenvalue weighted by Crippen LogP contribution is 2.26. The van der Waals surface area contributed by atoms with E-state index in [4.69, 9.17) is 4.74 Å². The molecule has 5 heteroatoms. The zero-order valence-electron chi connectivity index (χ0n) is 14.3. The van der Waals surface area contributed by atoms with Gasteiger partial charge in [-0.05, 0) is 47.7 Å². The van der Waals surface area contributed by atoms with E-state index in [1.54, 1.807) is 12.1 Å². The molecule has 0 aliphatic carbocycles. The van der Waals surface area contributed by atoms with Gasteiger partial charge >= 0.3 is 5.97 Å². The van der Waals surface area contributed by atoms with Crippen LogP contribution in [0.2, 0.25) is 0 Å². The molecular weight excluding hydrogens is 318 g/mol. The van der Waals surface area contributed by atoms with Gasteiger partial charge in [-0.3, -0.25) is 4.79 Å². The average molecular weight is 339 g/mol. The van der Waals surface area contributed by atoms with E-state index in [1.807, 2.05) is 38.1 Å². The minimum Gasteiger partial charge on any atom is -0.493 e. The molecule has 5 nitrogen and oxygen atoms in total. The van der Waals surface area contributed by atoms with E-state index >= 15 is 0 Å². The molecule has 1 amide bonds. The number of carboxylic acid groups (broad SMARTS) is 1. The molecule has 0 radical (unpaired) electrons. The van der Waals surface area contributed by atoms with Gasteiger partial charge in [0, 0.05) is 6.42 Å². The predicted octanol–water partition coefficient (Wildman–Crippen LogP) is 2.72. The van der Waals surface area contributed by atoms with Crippen LogP contribution in [-0.4, -0.2) is 23.6 Å². The third-order valence-corrected chi connectivity index (χ3v) is 4.54. The van der Waals surface area contributed by atoms with Crippen molar-refractivity contribution in [2.75, 3.05) is 6.61 Å². The SMILES string of the molecule is Cc1ccc(C(NC(=O)Cc2ccc3c(c2)CCO3)C(=O)O)cc1C. The van der Waals surface area contributed by atoms with Gasteiger partial charge in [0.15, 0.2) is 6.04 Å². The second kappa shape index (κ2) is 6.97. The number of hydrogen-bond donors (Lipinski definition) is 2. The van der Waals surface area contributed by atoms with Crippen molar-refractivity contribution in [2.45, 2.75) is 32.7 Å². The molecule has 2 aromatic rings. The van der Waals surface area contributed by atoms with Gasteiger partial charge < -0.3 is 15.2 Å². The van der Waals surface area contributed by atoms with E-state index in [0.29, 0.717) is 12.2 Å². The summed E-state index contributed by atoms with van der Waals surface area (Å²) < 4.78 is 5.45. The number of nitrogens with one attached hydrogen (secondary N) is 1.